The molecule has 2 heteroatoms. The van der Waals surface area contributed by atoms with Crippen molar-refractivity contribution in [2.45, 2.75) is 19.9 Å². The second-order valence-corrected chi connectivity index (χ2v) is 6.86. The number of hydrogen-bond acceptors (Lipinski definition) is 1. The van der Waals surface area contributed by atoms with Gasteiger partial charge in [0.2, 0.25) is 0 Å². The number of quaternary nitrogens is 1. The van der Waals surface area contributed by atoms with E-state index in [4.69, 9.17) is 0 Å². The molecule has 118 valence electrons. The van der Waals surface area contributed by atoms with Gasteiger partial charge < -0.3 is 4.90 Å². The molecule has 4 rings (SSSR count). The van der Waals surface area contributed by atoms with Gasteiger partial charge in [-0.1, -0.05) is 42.5 Å². The van der Waals surface area contributed by atoms with Crippen LogP contribution in [0.15, 0.2) is 60.3 Å². The molecular weight excluding hydrogens is 280 g/mol. The molecule has 1 atom stereocenters. The number of rotatable bonds is 3. The zero-order valence-corrected chi connectivity index (χ0v) is 14.1. The van der Waals surface area contributed by atoms with Gasteiger partial charge in [-0.2, -0.15) is 0 Å². The Balaban J connectivity index is 1.87. The molecule has 2 aliphatic heterocycles. The molecule has 2 aromatic carbocycles. The van der Waals surface area contributed by atoms with Crippen LogP contribution in [0.1, 0.15) is 24.5 Å². The minimum absolute atomic E-state index is 1.02. The average Bonchev–Trinajstić information content (AvgIpc) is 2.86. The summed E-state index contributed by atoms with van der Waals surface area (Å²) in [6.07, 6.45) is 1.18. The summed E-state index contributed by atoms with van der Waals surface area (Å²) >= 11 is 0. The average molecular weight is 305 g/mol. The lowest BCUT2D eigenvalue weighted by Gasteiger charge is -2.38. The van der Waals surface area contributed by atoms with E-state index in [1.165, 1.54) is 29.8 Å². The lowest BCUT2D eigenvalue weighted by Crippen LogP contribution is -2.47. The van der Waals surface area contributed by atoms with Crippen molar-refractivity contribution in [3.63, 3.8) is 0 Å². The van der Waals surface area contributed by atoms with Crippen LogP contribution in [0.3, 0.4) is 0 Å². The molecule has 0 fully saturated rings. The first kappa shape index (κ1) is 14.7. The molecular formula is C21H25N2+. The predicted octanol–water partition coefficient (Wildman–Crippen LogP) is 4.27. The molecule has 0 amide bonds. The predicted molar refractivity (Wildman–Crippen MR) is 98.0 cm³/mol. The Hall–Kier alpha value is -1.90. The van der Waals surface area contributed by atoms with Crippen molar-refractivity contribution in [1.29, 1.82) is 0 Å². The fourth-order valence-corrected chi connectivity index (χ4v) is 4.40. The SMILES string of the molecule is CC[N+]1(Cc2ccccc2)C2=C(CN(C)CC2)c2ccccc21. The van der Waals surface area contributed by atoms with Gasteiger partial charge in [0.05, 0.1) is 6.54 Å². The van der Waals surface area contributed by atoms with E-state index < -0.39 is 0 Å². The highest BCUT2D eigenvalue weighted by Crippen LogP contribution is 2.49. The van der Waals surface area contributed by atoms with Crippen LogP contribution in [0.2, 0.25) is 0 Å². The summed E-state index contributed by atoms with van der Waals surface area (Å²) in [7, 11) is 2.24. The van der Waals surface area contributed by atoms with Crippen molar-refractivity contribution < 1.29 is 0 Å². The molecule has 23 heavy (non-hydrogen) atoms. The van der Waals surface area contributed by atoms with Crippen LogP contribution in [0.5, 0.6) is 0 Å². The topological polar surface area (TPSA) is 3.24 Å². The zero-order chi connectivity index (χ0) is 15.9. The first-order chi connectivity index (χ1) is 11.2. The first-order valence-electron chi connectivity index (χ1n) is 8.67. The van der Waals surface area contributed by atoms with Crippen molar-refractivity contribution in [1.82, 2.24) is 9.38 Å². The molecule has 0 bridgehead atoms. The second-order valence-electron chi connectivity index (χ2n) is 6.86. The van der Waals surface area contributed by atoms with E-state index in [-0.39, 0.29) is 0 Å². The summed E-state index contributed by atoms with van der Waals surface area (Å²) in [4.78, 5) is 2.45. The van der Waals surface area contributed by atoms with Gasteiger partial charge in [-0.15, -0.1) is 0 Å². The minimum Gasteiger partial charge on any atom is -0.301 e. The van der Waals surface area contributed by atoms with E-state index in [0.29, 0.717) is 0 Å². The van der Waals surface area contributed by atoms with Crippen LogP contribution < -0.4 is 4.48 Å². The molecule has 0 aromatic heterocycles. The van der Waals surface area contributed by atoms with Gasteiger partial charge in [0.15, 0.2) is 0 Å². The Morgan fingerprint density at radius 2 is 1.74 bits per heavy atom. The van der Waals surface area contributed by atoms with Gasteiger partial charge in [0, 0.05) is 42.3 Å². The van der Waals surface area contributed by atoms with Crippen molar-refractivity contribution >= 4 is 11.3 Å². The molecule has 2 heterocycles. The maximum Gasteiger partial charge on any atom is 0.145 e. The number of fused-ring (bicyclic) bond motifs is 2. The monoisotopic (exact) mass is 305 g/mol. The lowest BCUT2D eigenvalue weighted by atomic mass is 10.0. The normalized spacial score (nSPS) is 23.7. The molecule has 0 N–H and O–H groups in total. The van der Waals surface area contributed by atoms with E-state index in [1.54, 1.807) is 11.3 Å². The van der Waals surface area contributed by atoms with Crippen LogP contribution in [0, 0.1) is 0 Å². The Kier molecular flexibility index (Phi) is 3.59. The summed E-state index contributed by atoms with van der Waals surface area (Å²) in [6, 6.07) is 20.0. The summed E-state index contributed by atoms with van der Waals surface area (Å²) in [5.74, 6) is 0. The zero-order valence-electron chi connectivity index (χ0n) is 14.1. The second kappa shape index (κ2) is 5.63. The fraction of sp³-hybridized carbons (Fsp3) is 0.333. The Bertz CT molecular complexity index is 747. The number of benzene rings is 2. The number of para-hydroxylation sites is 1. The van der Waals surface area contributed by atoms with E-state index >= 15 is 0 Å². The molecule has 2 aliphatic rings. The summed E-state index contributed by atoms with van der Waals surface area (Å²) in [6.45, 7) is 6.78. The number of likely N-dealkylation sites (N-methyl/N-ethyl adjacent to an activating group) is 1. The minimum atomic E-state index is 1.02. The molecule has 0 spiro atoms. The van der Waals surface area contributed by atoms with Gasteiger partial charge >= 0.3 is 0 Å². The highest BCUT2D eigenvalue weighted by molar-refractivity contribution is 5.86. The molecule has 0 saturated carbocycles. The van der Waals surface area contributed by atoms with Crippen molar-refractivity contribution in [2.24, 2.45) is 0 Å². The van der Waals surface area contributed by atoms with Crippen LogP contribution in [0.25, 0.3) is 5.57 Å². The van der Waals surface area contributed by atoms with Crippen molar-refractivity contribution in [2.75, 3.05) is 26.7 Å². The Morgan fingerprint density at radius 1 is 1.00 bits per heavy atom. The van der Waals surface area contributed by atoms with Crippen LogP contribution in [0.4, 0.5) is 5.69 Å². The van der Waals surface area contributed by atoms with Gasteiger partial charge in [0.1, 0.15) is 17.9 Å². The third kappa shape index (κ3) is 2.25. The molecule has 2 nitrogen and oxygen atoms in total. The van der Waals surface area contributed by atoms with Gasteiger partial charge in [-0.3, -0.25) is 4.48 Å². The highest BCUT2D eigenvalue weighted by Gasteiger charge is 2.45. The van der Waals surface area contributed by atoms with Crippen molar-refractivity contribution in [3.8, 4) is 0 Å². The maximum atomic E-state index is 2.45. The Labute approximate surface area is 139 Å². The quantitative estimate of drug-likeness (QED) is 0.765. The summed E-state index contributed by atoms with van der Waals surface area (Å²) < 4.78 is 1.02. The van der Waals surface area contributed by atoms with Crippen molar-refractivity contribution in [3.05, 3.63) is 71.4 Å². The van der Waals surface area contributed by atoms with Crippen LogP contribution in [-0.4, -0.2) is 31.6 Å². The smallest absolute Gasteiger partial charge is 0.145 e. The maximum absolute atomic E-state index is 2.45. The summed E-state index contributed by atoms with van der Waals surface area (Å²) in [5, 5.41) is 0. The number of hydrogen-bond donors (Lipinski definition) is 0. The third-order valence-corrected chi connectivity index (χ3v) is 5.55. The molecule has 0 saturated heterocycles. The van der Waals surface area contributed by atoms with Crippen LogP contribution in [-0.2, 0) is 6.54 Å². The summed E-state index contributed by atoms with van der Waals surface area (Å²) in [5.41, 5.74) is 7.63. The van der Waals surface area contributed by atoms with Gasteiger partial charge in [0.25, 0.3) is 0 Å². The fourth-order valence-electron chi connectivity index (χ4n) is 4.40. The Morgan fingerprint density at radius 3 is 2.52 bits per heavy atom. The largest absolute Gasteiger partial charge is 0.301 e. The molecule has 2 aromatic rings. The van der Waals surface area contributed by atoms with E-state index in [9.17, 15) is 0 Å². The van der Waals surface area contributed by atoms with E-state index in [1.807, 2.05) is 0 Å². The highest BCUT2D eigenvalue weighted by atomic mass is 15.4. The molecule has 0 aliphatic carbocycles. The standard InChI is InChI=1S/C21H25N2/c1-3-23(16-17-9-5-4-6-10-17)20-12-8-7-11-18(20)19-15-22(2)14-13-21(19)23/h4-12H,3,13-16H2,1-2H3/q+1. The number of nitrogens with zero attached hydrogens (tertiary/aromatic N) is 2. The van der Waals surface area contributed by atoms with Gasteiger partial charge in [-0.25, -0.2) is 0 Å². The molecule has 1 unspecified atom stereocenters. The molecule has 0 radical (unpaired) electrons. The van der Waals surface area contributed by atoms with Gasteiger partial charge in [-0.05, 0) is 20.0 Å². The van der Waals surface area contributed by atoms with E-state index in [0.717, 1.165) is 24.1 Å². The van der Waals surface area contributed by atoms with E-state index in [2.05, 4.69) is 73.5 Å². The third-order valence-electron chi connectivity index (χ3n) is 5.55. The first-order valence-corrected chi connectivity index (χ1v) is 8.67. The lowest BCUT2D eigenvalue weighted by molar-refractivity contribution is 0.300. The van der Waals surface area contributed by atoms with Crippen LogP contribution >= 0.6 is 0 Å².